The summed E-state index contributed by atoms with van der Waals surface area (Å²) in [5.74, 6) is 2.05. The SMILES string of the molecule is Cc1cc(Cl)ccc1OCC(=O)N1C[C@H]2CNC[C@H]2C1. The Bertz CT molecular complexity index is 509. The zero-order valence-electron chi connectivity index (χ0n) is 11.6. The van der Waals surface area contributed by atoms with Gasteiger partial charge >= 0.3 is 0 Å². The summed E-state index contributed by atoms with van der Waals surface area (Å²) in [6.07, 6.45) is 0. The summed E-state index contributed by atoms with van der Waals surface area (Å²) >= 11 is 5.90. The van der Waals surface area contributed by atoms with Gasteiger partial charge in [-0.05, 0) is 42.5 Å². The van der Waals surface area contributed by atoms with E-state index in [9.17, 15) is 4.79 Å². The third kappa shape index (κ3) is 2.76. The summed E-state index contributed by atoms with van der Waals surface area (Å²) in [7, 11) is 0. The molecule has 0 unspecified atom stereocenters. The van der Waals surface area contributed by atoms with Crippen molar-refractivity contribution in [2.24, 2.45) is 11.8 Å². The summed E-state index contributed by atoms with van der Waals surface area (Å²) in [6, 6.07) is 5.43. The van der Waals surface area contributed by atoms with E-state index in [0.717, 1.165) is 37.5 Å². The van der Waals surface area contributed by atoms with Gasteiger partial charge in [-0.15, -0.1) is 0 Å². The Kier molecular flexibility index (Phi) is 3.85. The highest BCUT2D eigenvalue weighted by Gasteiger charge is 2.37. The molecule has 3 rings (SSSR count). The molecule has 5 heteroatoms. The lowest BCUT2D eigenvalue weighted by molar-refractivity contribution is -0.132. The van der Waals surface area contributed by atoms with Crippen LogP contribution >= 0.6 is 11.6 Å². The lowest BCUT2D eigenvalue weighted by Gasteiger charge is -2.18. The number of nitrogens with one attached hydrogen (secondary N) is 1. The van der Waals surface area contributed by atoms with Crippen LogP contribution in [-0.2, 0) is 4.79 Å². The van der Waals surface area contributed by atoms with Crippen molar-refractivity contribution in [1.82, 2.24) is 10.2 Å². The molecule has 1 N–H and O–H groups in total. The molecule has 0 radical (unpaired) electrons. The highest BCUT2D eigenvalue weighted by atomic mass is 35.5. The highest BCUT2D eigenvalue weighted by molar-refractivity contribution is 6.30. The monoisotopic (exact) mass is 294 g/mol. The van der Waals surface area contributed by atoms with Crippen LogP contribution in [0, 0.1) is 18.8 Å². The third-order valence-corrected chi connectivity index (χ3v) is 4.47. The molecule has 2 aliphatic rings. The number of amides is 1. The minimum atomic E-state index is 0.0775. The second kappa shape index (κ2) is 5.62. The summed E-state index contributed by atoms with van der Waals surface area (Å²) in [5, 5.41) is 4.05. The molecule has 0 bridgehead atoms. The fourth-order valence-electron chi connectivity index (χ4n) is 3.06. The number of aryl methyl sites for hydroxylation is 1. The van der Waals surface area contributed by atoms with Crippen molar-refractivity contribution in [1.29, 1.82) is 0 Å². The van der Waals surface area contributed by atoms with Gasteiger partial charge in [-0.3, -0.25) is 4.79 Å². The number of hydrogen-bond donors (Lipinski definition) is 1. The molecule has 1 aromatic rings. The smallest absolute Gasteiger partial charge is 0.260 e. The number of fused-ring (bicyclic) bond motifs is 1. The van der Waals surface area contributed by atoms with Crippen molar-refractivity contribution in [3.8, 4) is 5.75 Å². The average molecular weight is 295 g/mol. The van der Waals surface area contributed by atoms with Crippen LogP contribution in [0.1, 0.15) is 5.56 Å². The molecule has 2 saturated heterocycles. The van der Waals surface area contributed by atoms with Gasteiger partial charge in [0.1, 0.15) is 5.75 Å². The Morgan fingerprint density at radius 3 is 2.75 bits per heavy atom. The maximum atomic E-state index is 12.2. The predicted octanol–water partition coefficient (Wildman–Crippen LogP) is 1.71. The summed E-state index contributed by atoms with van der Waals surface area (Å²) in [5.41, 5.74) is 0.952. The van der Waals surface area contributed by atoms with E-state index in [1.54, 1.807) is 6.07 Å². The van der Waals surface area contributed by atoms with Gasteiger partial charge in [-0.1, -0.05) is 11.6 Å². The van der Waals surface area contributed by atoms with Crippen molar-refractivity contribution >= 4 is 17.5 Å². The number of ether oxygens (including phenoxy) is 1. The second-order valence-corrected chi connectivity index (χ2v) is 6.11. The van der Waals surface area contributed by atoms with Crippen LogP contribution < -0.4 is 10.1 Å². The maximum absolute atomic E-state index is 12.2. The van der Waals surface area contributed by atoms with Crippen molar-refractivity contribution in [3.63, 3.8) is 0 Å². The standard InChI is InChI=1S/C15H19ClN2O2/c1-10-4-13(16)2-3-14(10)20-9-15(19)18-7-11-5-17-6-12(11)8-18/h2-4,11-12,17H,5-9H2,1H3/t11-,12+. The van der Waals surface area contributed by atoms with Crippen LogP contribution in [-0.4, -0.2) is 43.6 Å². The zero-order valence-corrected chi connectivity index (χ0v) is 12.3. The Morgan fingerprint density at radius 2 is 2.10 bits per heavy atom. The molecule has 0 saturated carbocycles. The molecule has 1 aromatic carbocycles. The van der Waals surface area contributed by atoms with E-state index in [2.05, 4.69) is 5.32 Å². The van der Waals surface area contributed by atoms with Crippen LogP contribution in [0.15, 0.2) is 18.2 Å². The fraction of sp³-hybridized carbons (Fsp3) is 0.533. The van der Waals surface area contributed by atoms with Gasteiger partial charge < -0.3 is 15.0 Å². The topological polar surface area (TPSA) is 41.6 Å². The number of carbonyl (C=O) groups excluding carboxylic acids is 1. The first-order valence-electron chi connectivity index (χ1n) is 7.01. The number of rotatable bonds is 3. The predicted molar refractivity (Wildman–Crippen MR) is 78.1 cm³/mol. The quantitative estimate of drug-likeness (QED) is 0.923. The number of nitrogens with zero attached hydrogens (tertiary/aromatic N) is 1. The maximum Gasteiger partial charge on any atom is 0.260 e. The molecular formula is C15H19ClN2O2. The minimum absolute atomic E-state index is 0.0775. The first-order chi connectivity index (χ1) is 9.63. The molecule has 0 aromatic heterocycles. The molecule has 2 aliphatic heterocycles. The Labute approximate surface area is 124 Å². The van der Waals surface area contributed by atoms with Gasteiger partial charge in [0.2, 0.25) is 0 Å². The molecule has 1 amide bonds. The van der Waals surface area contributed by atoms with Crippen LogP contribution in [0.3, 0.4) is 0 Å². The first-order valence-corrected chi connectivity index (χ1v) is 7.38. The van der Waals surface area contributed by atoms with Crippen LogP contribution in [0.5, 0.6) is 5.75 Å². The molecule has 0 spiro atoms. The van der Waals surface area contributed by atoms with Crippen molar-refractivity contribution in [3.05, 3.63) is 28.8 Å². The Morgan fingerprint density at radius 1 is 1.40 bits per heavy atom. The third-order valence-electron chi connectivity index (χ3n) is 4.23. The second-order valence-electron chi connectivity index (χ2n) is 5.68. The summed E-state index contributed by atoms with van der Waals surface area (Å²) in [6.45, 7) is 5.82. The van der Waals surface area contributed by atoms with Gasteiger partial charge in [0.15, 0.2) is 6.61 Å². The van der Waals surface area contributed by atoms with Gasteiger partial charge in [0.05, 0.1) is 0 Å². The van der Waals surface area contributed by atoms with Crippen LogP contribution in [0.4, 0.5) is 0 Å². The molecule has 0 aliphatic carbocycles. The number of carbonyl (C=O) groups is 1. The molecular weight excluding hydrogens is 276 g/mol. The summed E-state index contributed by atoms with van der Waals surface area (Å²) in [4.78, 5) is 14.1. The Balaban J connectivity index is 1.54. The Hall–Kier alpha value is -1.26. The number of likely N-dealkylation sites (tertiary alicyclic amines) is 1. The van der Waals surface area contributed by atoms with Gasteiger partial charge in [-0.25, -0.2) is 0 Å². The van der Waals surface area contributed by atoms with E-state index in [0.29, 0.717) is 16.9 Å². The van der Waals surface area contributed by atoms with E-state index in [-0.39, 0.29) is 12.5 Å². The lowest BCUT2D eigenvalue weighted by Crippen LogP contribution is -2.35. The fourth-order valence-corrected chi connectivity index (χ4v) is 3.29. The number of halogens is 1. The van der Waals surface area contributed by atoms with Crippen molar-refractivity contribution in [2.75, 3.05) is 32.8 Å². The molecule has 108 valence electrons. The van der Waals surface area contributed by atoms with Crippen LogP contribution in [0.2, 0.25) is 5.02 Å². The normalized spacial score (nSPS) is 24.8. The van der Waals surface area contributed by atoms with Gasteiger partial charge in [-0.2, -0.15) is 0 Å². The number of benzene rings is 1. The minimum Gasteiger partial charge on any atom is -0.483 e. The van der Waals surface area contributed by atoms with Gasteiger partial charge in [0, 0.05) is 31.2 Å². The van der Waals surface area contributed by atoms with E-state index in [1.807, 2.05) is 24.0 Å². The van der Waals surface area contributed by atoms with E-state index >= 15 is 0 Å². The highest BCUT2D eigenvalue weighted by Crippen LogP contribution is 2.26. The average Bonchev–Trinajstić information content (AvgIpc) is 2.98. The van der Waals surface area contributed by atoms with Crippen molar-refractivity contribution < 1.29 is 9.53 Å². The van der Waals surface area contributed by atoms with Crippen LogP contribution in [0.25, 0.3) is 0 Å². The van der Waals surface area contributed by atoms with E-state index < -0.39 is 0 Å². The summed E-state index contributed by atoms with van der Waals surface area (Å²) < 4.78 is 5.62. The largest absolute Gasteiger partial charge is 0.483 e. The molecule has 4 nitrogen and oxygen atoms in total. The first kappa shape index (κ1) is 13.7. The van der Waals surface area contributed by atoms with E-state index in [1.165, 1.54) is 0 Å². The molecule has 20 heavy (non-hydrogen) atoms. The lowest BCUT2D eigenvalue weighted by atomic mass is 10.0. The molecule has 2 heterocycles. The molecule has 2 fully saturated rings. The van der Waals surface area contributed by atoms with Gasteiger partial charge in [0.25, 0.3) is 5.91 Å². The van der Waals surface area contributed by atoms with E-state index in [4.69, 9.17) is 16.3 Å². The zero-order chi connectivity index (χ0) is 14.1. The molecule has 2 atom stereocenters. The van der Waals surface area contributed by atoms with Crippen molar-refractivity contribution in [2.45, 2.75) is 6.92 Å². The number of hydrogen-bond acceptors (Lipinski definition) is 3.